The molecule has 1 aromatic rings. The maximum absolute atomic E-state index is 11.7. The van der Waals surface area contributed by atoms with Gasteiger partial charge in [0.05, 0.1) is 0 Å². The van der Waals surface area contributed by atoms with Gasteiger partial charge in [0.15, 0.2) is 0 Å². The zero-order chi connectivity index (χ0) is 13.4. The first-order valence-electron chi connectivity index (χ1n) is 5.50. The number of thiophene rings is 1. The van der Waals surface area contributed by atoms with Crippen LogP contribution in [0.15, 0.2) is 29.5 Å². The lowest BCUT2D eigenvalue weighted by atomic mass is 10.2. The predicted octanol–water partition coefficient (Wildman–Crippen LogP) is 1.57. The average molecular weight is 268 g/mol. The van der Waals surface area contributed by atoms with Crippen LogP contribution >= 0.6 is 11.3 Å². The molecule has 0 aliphatic carbocycles. The van der Waals surface area contributed by atoms with Gasteiger partial charge in [-0.25, -0.2) is 4.79 Å². The highest BCUT2D eigenvalue weighted by Crippen LogP contribution is 2.05. The Morgan fingerprint density at radius 3 is 2.89 bits per heavy atom. The molecular weight excluding hydrogens is 252 g/mol. The highest BCUT2D eigenvalue weighted by molar-refractivity contribution is 7.07. The third-order valence-corrected chi connectivity index (χ3v) is 2.96. The molecule has 0 bridgehead atoms. The Kier molecular flexibility index (Phi) is 5.93. The van der Waals surface area contributed by atoms with Crippen molar-refractivity contribution >= 4 is 23.3 Å². The molecule has 1 heterocycles. The lowest BCUT2D eigenvalue weighted by Crippen LogP contribution is -2.43. The number of nitrogens with one attached hydrogen (secondary N) is 1. The van der Waals surface area contributed by atoms with Gasteiger partial charge in [0.1, 0.15) is 6.54 Å². The normalized spacial score (nSPS) is 9.78. The Balaban J connectivity index is 2.36. The number of aliphatic carboxylic acids is 1. The monoisotopic (exact) mass is 268 g/mol. The fourth-order valence-corrected chi connectivity index (χ4v) is 2.10. The Bertz CT molecular complexity index is 403. The van der Waals surface area contributed by atoms with E-state index in [0.29, 0.717) is 6.54 Å². The predicted molar refractivity (Wildman–Crippen MR) is 70.8 cm³/mol. The van der Waals surface area contributed by atoms with Gasteiger partial charge in [0, 0.05) is 13.1 Å². The van der Waals surface area contributed by atoms with E-state index in [0.717, 1.165) is 12.0 Å². The van der Waals surface area contributed by atoms with Crippen LogP contribution in [0, 0.1) is 0 Å². The molecule has 1 rings (SSSR count). The molecule has 98 valence electrons. The molecule has 0 aromatic carbocycles. The number of carbonyl (C=O) groups excluding carboxylic acids is 1. The molecule has 0 radical (unpaired) electrons. The summed E-state index contributed by atoms with van der Waals surface area (Å²) in [6.07, 6.45) is 2.24. The maximum Gasteiger partial charge on any atom is 0.323 e. The van der Waals surface area contributed by atoms with Crippen LogP contribution < -0.4 is 5.32 Å². The molecule has 0 unspecified atom stereocenters. The fraction of sp³-hybridized carbons (Fsp3) is 0.333. The Hall–Kier alpha value is -1.82. The van der Waals surface area contributed by atoms with E-state index in [1.54, 1.807) is 11.3 Å². The highest BCUT2D eigenvalue weighted by atomic mass is 32.1. The highest BCUT2D eigenvalue weighted by Gasteiger charge is 2.14. The number of carboxylic acids is 1. The lowest BCUT2D eigenvalue weighted by Gasteiger charge is -2.19. The topological polar surface area (TPSA) is 69.6 Å². The van der Waals surface area contributed by atoms with E-state index < -0.39 is 5.97 Å². The smallest absolute Gasteiger partial charge is 0.323 e. The average Bonchev–Trinajstić information content (AvgIpc) is 2.81. The first kappa shape index (κ1) is 14.2. The van der Waals surface area contributed by atoms with Gasteiger partial charge in [0.25, 0.3) is 0 Å². The van der Waals surface area contributed by atoms with Crippen LogP contribution in [0.3, 0.4) is 0 Å². The number of hydrogen-bond donors (Lipinski definition) is 2. The van der Waals surface area contributed by atoms with Crippen molar-refractivity contribution in [1.82, 2.24) is 10.2 Å². The number of nitrogens with zero attached hydrogens (tertiary/aromatic N) is 1. The zero-order valence-electron chi connectivity index (χ0n) is 9.96. The first-order valence-corrected chi connectivity index (χ1v) is 6.44. The molecular formula is C12H16N2O3S. The molecule has 5 nitrogen and oxygen atoms in total. The molecule has 0 saturated carbocycles. The minimum Gasteiger partial charge on any atom is -0.480 e. The summed E-state index contributed by atoms with van der Waals surface area (Å²) >= 11 is 1.61. The van der Waals surface area contributed by atoms with Crippen LogP contribution in [-0.4, -0.2) is 41.6 Å². The van der Waals surface area contributed by atoms with Crippen molar-refractivity contribution in [2.75, 3.05) is 19.6 Å². The number of rotatable bonds is 7. The molecule has 1 aromatic heterocycles. The summed E-state index contributed by atoms with van der Waals surface area (Å²) in [6, 6.07) is 1.61. The standard InChI is InChI=1S/C12H16N2O3S/c1-2-6-14(8-11(15)16)12(17)13-5-3-10-4-7-18-9-10/h2,4,7,9H,1,3,5-6,8H2,(H,13,17)(H,15,16). The molecule has 2 amide bonds. The van der Waals surface area contributed by atoms with Gasteiger partial charge >= 0.3 is 12.0 Å². The fourth-order valence-electron chi connectivity index (χ4n) is 1.40. The lowest BCUT2D eigenvalue weighted by molar-refractivity contribution is -0.137. The zero-order valence-corrected chi connectivity index (χ0v) is 10.8. The third-order valence-electron chi connectivity index (χ3n) is 2.23. The number of urea groups is 1. The molecule has 0 aliphatic heterocycles. The Morgan fingerprint density at radius 2 is 2.33 bits per heavy atom. The minimum absolute atomic E-state index is 0.219. The first-order chi connectivity index (χ1) is 8.63. The minimum atomic E-state index is -1.04. The quantitative estimate of drug-likeness (QED) is 0.737. The maximum atomic E-state index is 11.7. The van der Waals surface area contributed by atoms with E-state index in [4.69, 9.17) is 5.11 Å². The molecule has 2 N–H and O–H groups in total. The van der Waals surface area contributed by atoms with Crippen molar-refractivity contribution in [2.45, 2.75) is 6.42 Å². The molecule has 6 heteroatoms. The van der Waals surface area contributed by atoms with E-state index in [1.807, 2.05) is 16.8 Å². The molecule has 0 spiro atoms. The van der Waals surface area contributed by atoms with Crippen molar-refractivity contribution in [3.63, 3.8) is 0 Å². The van der Waals surface area contributed by atoms with E-state index >= 15 is 0 Å². The van der Waals surface area contributed by atoms with Crippen LogP contribution in [-0.2, 0) is 11.2 Å². The Labute approximate surface area is 110 Å². The van der Waals surface area contributed by atoms with E-state index in [1.165, 1.54) is 11.0 Å². The van der Waals surface area contributed by atoms with Crippen LogP contribution in [0.1, 0.15) is 5.56 Å². The van der Waals surface area contributed by atoms with Crippen LogP contribution in [0.2, 0.25) is 0 Å². The summed E-state index contributed by atoms with van der Waals surface area (Å²) in [5.74, 6) is -1.04. The molecule has 0 saturated heterocycles. The number of carboxylic acid groups (broad SMARTS) is 1. The van der Waals surface area contributed by atoms with Crippen molar-refractivity contribution in [3.8, 4) is 0 Å². The van der Waals surface area contributed by atoms with Gasteiger partial charge in [0.2, 0.25) is 0 Å². The number of amides is 2. The van der Waals surface area contributed by atoms with E-state index in [-0.39, 0.29) is 19.1 Å². The van der Waals surface area contributed by atoms with Gasteiger partial charge < -0.3 is 15.3 Å². The van der Waals surface area contributed by atoms with E-state index in [9.17, 15) is 9.59 Å². The SMILES string of the molecule is C=CCN(CC(=O)O)C(=O)NCCc1ccsc1. The second kappa shape index (κ2) is 7.50. The molecule has 0 fully saturated rings. The Morgan fingerprint density at radius 1 is 1.56 bits per heavy atom. The van der Waals surface area contributed by atoms with Gasteiger partial charge in [-0.2, -0.15) is 11.3 Å². The van der Waals surface area contributed by atoms with Crippen molar-refractivity contribution in [1.29, 1.82) is 0 Å². The van der Waals surface area contributed by atoms with Gasteiger partial charge in [-0.15, -0.1) is 6.58 Å². The molecule has 18 heavy (non-hydrogen) atoms. The van der Waals surface area contributed by atoms with Gasteiger partial charge in [-0.05, 0) is 28.8 Å². The van der Waals surface area contributed by atoms with Crippen LogP contribution in [0.25, 0.3) is 0 Å². The molecule has 0 aliphatic rings. The summed E-state index contributed by atoms with van der Waals surface area (Å²) in [7, 11) is 0. The number of carbonyl (C=O) groups is 2. The van der Waals surface area contributed by atoms with Crippen molar-refractivity contribution in [3.05, 3.63) is 35.0 Å². The van der Waals surface area contributed by atoms with Crippen molar-refractivity contribution < 1.29 is 14.7 Å². The third kappa shape index (κ3) is 5.01. The molecule has 0 atom stereocenters. The van der Waals surface area contributed by atoms with E-state index in [2.05, 4.69) is 11.9 Å². The van der Waals surface area contributed by atoms with Gasteiger partial charge in [-0.3, -0.25) is 4.79 Å². The van der Waals surface area contributed by atoms with Crippen LogP contribution in [0.5, 0.6) is 0 Å². The second-order valence-corrected chi connectivity index (χ2v) is 4.46. The van der Waals surface area contributed by atoms with Crippen molar-refractivity contribution in [2.24, 2.45) is 0 Å². The number of hydrogen-bond acceptors (Lipinski definition) is 3. The largest absolute Gasteiger partial charge is 0.480 e. The summed E-state index contributed by atoms with van der Waals surface area (Å²) < 4.78 is 0. The summed E-state index contributed by atoms with van der Waals surface area (Å²) in [5.41, 5.74) is 1.16. The summed E-state index contributed by atoms with van der Waals surface area (Å²) in [5, 5.41) is 15.4. The second-order valence-electron chi connectivity index (χ2n) is 3.68. The summed E-state index contributed by atoms with van der Waals surface area (Å²) in [6.45, 7) is 3.88. The summed E-state index contributed by atoms with van der Waals surface area (Å²) in [4.78, 5) is 23.5. The van der Waals surface area contributed by atoms with Gasteiger partial charge in [-0.1, -0.05) is 6.08 Å². The van der Waals surface area contributed by atoms with Crippen LogP contribution in [0.4, 0.5) is 4.79 Å².